The Kier molecular flexibility index (Phi) is 15.2. The fourth-order valence-corrected chi connectivity index (χ4v) is 1.41. The number of hydrogen-bond donors (Lipinski definition) is 2. The SMILES string of the molecule is COCC(=O)OCCOC(=O)COC(=O)NCNC(=O)OCC(=O)OCOC(=O)C(C)C. The van der Waals surface area contributed by atoms with Crippen LogP contribution in [0.5, 0.6) is 0 Å². The van der Waals surface area contributed by atoms with E-state index in [4.69, 9.17) is 0 Å². The molecule has 182 valence electrons. The lowest BCUT2D eigenvalue weighted by Crippen LogP contribution is -2.39. The van der Waals surface area contributed by atoms with Gasteiger partial charge >= 0.3 is 36.1 Å². The molecule has 0 aromatic carbocycles. The lowest BCUT2D eigenvalue weighted by Gasteiger charge is -2.10. The zero-order chi connectivity index (χ0) is 24.4. The fourth-order valence-electron chi connectivity index (χ4n) is 1.41. The standard InChI is InChI=1S/C17H26N2O13/c1-11(2)15(23)32-10-31-14(22)8-30-17(25)19-9-18-16(24)29-7-13(21)28-5-4-27-12(20)6-26-3/h11H,4-10H2,1-3H3,(H,18,24)(H,19,25). The average molecular weight is 466 g/mol. The summed E-state index contributed by atoms with van der Waals surface area (Å²) < 4.78 is 32.0. The van der Waals surface area contributed by atoms with E-state index in [-0.39, 0.29) is 19.8 Å². The highest BCUT2D eigenvalue weighted by molar-refractivity contribution is 5.77. The van der Waals surface area contributed by atoms with Crippen molar-refractivity contribution in [1.29, 1.82) is 0 Å². The molecule has 0 aromatic rings. The van der Waals surface area contributed by atoms with Crippen molar-refractivity contribution in [3.8, 4) is 0 Å². The second-order valence-corrected chi connectivity index (χ2v) is 5.81. The van der Waals surface area contributed by atoms with Crippen LogP contribution in [0.2, 0.25) is 0 Å². The van der Waals surface area contributed by atoms with Gasteiger partial charge in [0.25, 0.3) is 0 Å². The predicted molar refractivity (Wildman–Crippen MR) is 99.5 cm³/mol. The van der Waals surface area contributed by atoms with Gasteiger partial charge in [-0.3, -0.25) is 4.79 Å². The van der Waals surface area contributed by atoms with Gasteiger partial charge in [-0.15, -0.1) is 0 Å². The number of nitrogens with one attached hydrogen (secondary N) is 2. The Labute approximate surface area is 182 Å². The van der Waals surface area contributed by atoms with Crippen molar-refractivity contribution in [2.24, 2.45) is 5.92 Å². The molecule has 0 heterocycles. The molecule has 0 rings (SSSR count). The maximum atomic E-state index is 11.4. The average Bonchev–Trinajstić information content (AvgIpc) is 2.73. The van der Waals surface area contributed by atoms with Crippen LogP contribution in [0, 0.1) is 5.92 Å². The van der Waals surface area contributed by atoms with E-state index in [0.29, 0.717) is 0 Å². The minimum Gasteiger partial charge on any atom is -0.460 e. The Balaban J connectivity index is 3.74. The number of hydrogen-bond acceptors (Lipinski definition) is 13. The van der Waals surface area contributed by atoms with E-state index < -0.39 is 68.7 Å². The van der Waals surface area contributed by atoms with Gasteiger partial charge in [-0.25, -0.2) is 24.0 Å². The highest BCUT2D eigenvalue weighted by atomic mass is 16.7. The van der Waals surface area contributed by atoms with Crippen LogP contribution >= 0.6 is 0 Å². The zero-order valence-corrected chi connectivity index (χ0v) is 17.8. The van der Waals surface area contributed by atoms with Crippen molar-refractivity contribution in [2.75, 3.05) is 53.6 Å². The smallest absolute Gasteiger partial charge is 0.409 e. The Hall–Kier alpha value is -3.62. The topological polar surface area (TPSA) is 191 Å². The molecular formula is C17H26N2O13. The minimum absolute atomic E-state index is 0.192. The summed E-state index contributed by atoms with van der Waals surface area (Å²) in [6, 6.07) is 0. The predicted octanol–water partition coefficient (Wildman–Crippen LogP) is -1.17. The molecule has 0 unspecified atom stereocenters. The van der Waals surface area contributed by atoms with Gasteiger partial charge in [-0.1, -0.05) is 13.8 Å². The summed E-state index contributed by atoms with van der Waals surface area (Å²) in [6.07, 6.45) is -2.12. The largest absolute Gasteiger partial charge is 0.460 e. The highest BCUT2D eigenvalue weighted by Crippen LogP contribution is 1.96. The first kappa shape index (κ1) is 28.4. The third-order valence-electron chi connectivity index (χ3n) is 2.87. The van der Waals surface area contributed by atoms with Crippen LogP contribution in [0.4, 0.5) is 9.59 Å². The number of carbonyl (C=O) groups is 6. The summed E-state index contributed by atoms with van der Waals surface area (Å²) in [5, 5.41) is 4.14. The van der Waals surface area contributed by atoms with Crippen molar-refractivity contribution in [2.45, 2.75) is 13.8 Å². The van der Waals surface area contributed by atoms with Gasteiger partial charge in [-0.2, -0.15) is 0 Å². The van der Waals surface area contributed by atoms with E-state index in [1.165, 1.54) is 7.11 Å². The summed E-state index contributed by atoms with van der Waals surface area (Å²) in [6.45, 7) is -0.0216. The third-order valence-corrected chi connectivity index (χ3v) is 2.87. The monoisotopic (exact) mass is 466 g/mol. The molecule has 15 heteroatoms. The molecule has 15 nitrogen and oxygen atoms in total. The zero-order valence-electron chi connectivity index (χ0n) is 17.8. The van der Waals surface area contributed by atoms with Crippen LogP contribution < -0.4 is 10.6 Å². The number of methoxy groups -OCH3 is 1. The first-order chi connectivity index (χ1) is 15.1. The van der Waals surface area contributed by atoms with Gasteiger partial charge in [0, 0.05) is 7.11 Å². The number of amides is 2. The molecule has 0 aliphatic carbocycles. The normalized spacial score (nSPS) is 9.88. The molecule has 0 aliphatic heterocycles. The van der Waals surface area contributed by atoms with E-state index >= 15 is 0 Å². The molecular weight excluding hydrogens is 440 g/mol. The van der Waals surface area contributed by atoms with Gasteiger partial charge in [0.05, 0.1) is 12.6 Å². The van der Waals surface area contributed by atoms with Gasteiger partial charge < -0.3 is 43.8 Å². The van der Waals surface area contributed by atoms with E-state index in [1.54, 1.807) is 13.8 Å². The van der Waals surface area contributed by atoms with Crippen molar-refractivity contribution in [3.63, 3.8) is 0 Å². The Morgan fingerprint density at radius 2 is 1.12 bits per heavy atom. The Morgan fingerprint density at radius 1 is 0.656 bits per heavy atom. The number of carbonyl (C=O) groups excluding carboxylic acids is 6. The van der Waals surface area contributed by atoms with E-state index in [2.05, 4.69) is 43.8 Å². The molecule has 0 fully saturated rings. The highest BCUT2D eigenvalue weighted by Gasteiger charge is 2.13. The molecule has 0 radical (unpaired) electrons. The van der Waals surface area contributed by atoms with Crippen molar-refractivity contribution in [1.82, 2.24) is 10.6 Å². The third kappa shape index (κ3) is 16.2. The lowest BCUT2D eigenvalue weighted by atomic mass is 10.2. The first-order valence-corrected chi connectivity index (χ1v) is 9.09. The fraction of sp³-hybridized carbons (Fsp3) is 0.647. The molecule has 0 atom stereocenters. The van der Waals surface area contributed by atoms with Crippen LogP contribution in [0.25, 0.3) is 0 Å². The summed E-state index contributed by atoms with van der Waals surface area (Å²) in [4.78, 5) is 67.5. The minimum atomic E-state index is -1.07. The second-order valence-electron chi connectivity index (χ2n) is 5.81. The van der Waals surface area contributed by atoms with Crippen molar-refractivity contribution >= 4 is 36.1 Å². The van der Waals surface area contributed by atoms with E-state index in [1.807, 2.05) is 0 Å². The quantitative estimate of drug-likeness (QED) is 0.135. The molecule has 32 heavy (non-hydrogen) atoms. The number of esters is 4. The van der Waals surface area contributed by atoms with Crippen molar-refractivity contribution < 1.29 is 61.9 Å². The van der Waals surface area contributed by atoms with Crippen molar-refractivity contribution in [3.05, 3.63) is 0 Å². The molecule has 2 N–H and O–H groups in total. The Bertz CT molecular complexity index is 650. The first-order valence-electron chi connectivity index (χ1n) is 9.09. The summed E-state index contributed by atoms with van der Waals surface area (Å²) in [5.74, 6) is -3.44. The van der Waals surface area contributed by atoms with Gasteiger partial charge in [0.2, 0.25) is 6.79 Å². The van der Waals surface area contributed by atoms with E-state index in [0.717, 1.165) is 0 Å². The maximum absolute atomic E-state index is 11.4. The molecule has 0 aliphatic rings. The van der Waals surface area contributed by atoms with Crippen LogP contribution in [0.15, 0.2) is 0 Å². The van der Waals surface area contributed by atoms with Crippen LogP contribution in [-0.2, 0) is 52.3 Å². The molecule has 2 amide bonds. The number of alkyl carbamates (subject to hydrolysis) is 2. The second kappa shape index (κ2) is 17.1. The van der Waals surface area contributed by atoms with Crippen LogP contribution in [-0.4, -0.2) is 89.7 Å². The van der Waals surface area contributed by atoms with Crippen LogP contribution in [0.1, 0.15) is 13.8 Å². The molecule has 0 bridgehead atoms. The molecule has 0 saturated carbocycles. The summed E-state index contributed by atoms with van der Waals surface area (Å²) >= 11 is 0. The summed E-state index contributed by atoms with van der Waals surface area (Å²) in [7, 11) is 1.32. The summed E-state index contributed by atoms with van der Waals surface area (Å²) in [5.41, 5.74) is 0. The molecule has 0 aromatic heterocycles. The number of ether oxygens (including phenoxy) is 7. The van der Waals surface area contributed by atoms with Gasteiger partial charge in [-0.05, 0) is 0 Å². The number of rotatable bonds is 14. The van der Waals surface area contributed by atoms with Gasteiger partial charge in [0.15, 0.2) is 13.2 Å². The van der Waals surface area contributed by atoms with Crippen LogP contribution in [0.3, 0.4) is 0 Å². The van der Waals surface area contributed by atoms with E-state index in [9.17, 15) is 28.8 Å². The lowest BCUT2D eigenvalue weighted by molar-refractivity contribution is -0.171. The maximum Gasteiger partial charge on any atom is 0.409 e. The molecule has 0 saturated heterocycles. The van der Waals surface area contributed by atoms with Gasteiger partial charge in [0.1, 0.15) is 19.8 Å². The molecule has 0 spiro atoms. The Morgan fingerprint density at radius 3 is 1.59 bits per heavy atom.